The predicted octanol–water partition coefficient (Wildman–Crippen LogP) is 2.18. The number of nitrogens with zero attached hydrogens (tertiary/aromatic N) is 1. The molecular formula is C24H32FNO9. The highest BCUT2D eigenvalue weighted by Crippen LogP contribution is 2.38. The van der Waals surface area contributed by atoms with Crippen molar-refractivity contribution in [2.24, 2.45) is 11.8 Å². The summed E-state index contributed by atoms with van der Waals surface area (Å²) in [6.07, 6.45) is -3.75. The largest absolute Gasteiger partial charge is 0.456 e. The Morgan fingerprint density at radius 2 is 2.00 bits per heavy atom. The Balaban J connectivity index is 1.51. The average molecular weight is 498 g/mol. The van der Waals surface area contributed by atoms with Crippen LogP contribution in [0.4, 0.5) is 10.1 Å². The lowest BCUT2D eigenvalue weighted by molar-refractivity contribution is -0.384. The second-order valence-corrected chi connectivity index (χ2v) is 9.39. The summed E-state index contributed by atoms with van der Waals surface area (Å²) in [5.41, 5.74) is 0.148. The second kappa shape index (κ2) is 11.5. The number of rotatable bonds is 10. The van der Waals surface area contributed by atoms with Gasteiger partial charge in [-0.3, -0.25) is 10.1 Å². The van der Waals surface area contributed by atoms with Crippen molar-refractivity contribution in [1.29, 1.82) is 0 Å². The second-order valence-electron chi connectivity index (χ2n) is 9.39. The molecule has 2 aliphatic heterocycles. The number of carbonyl (C=O) groups excluding carboxylic acids is 1. The van der Waals surface area contributed by atoms with Crippen molar-refractivity contribution in [3.63, 3.8) is 0 Å². The normalized spacial score (nSPS) is 30.7. The SMILES string of the molecule is C/C(C[C@@H]1OC[C@H](C[C@@H]2O[C@H]2[C@@H](C)[C@H](C)O)[C@@H](O)[C@H]1O)=C(/F)C(=O)OCc1cccc([N+](=O)[O-])c1. The van der Waals surface area contributed by atoms with Gasteiger partial charge in [-0.1, -0.05) is 19.1 Å². The van der Waals surface area contributed by atoms with E-state index in [-0.39, 0.29) is 54.9 Å². The van der Waals surface area contributed by atoms with E-state index >= 15 is 0 Å². The maximum atomic E-state index is 14.6. The lowest BCUT2D eigenvalue weighted by Gasteiger charge is -2.38. The van der Waals surface area contributed by atoms with Crippen LogP contribution in [0, 0.1) is 22.0 Å². The van der Waals surface area contributed by atoms with Crippen LogP contribution >= 0.6 is 0 Å². The number of hydrogen-bond acceptors (Lipinski definition) is 9. The predicted molar refractivity (Wildman–Crippen MR) is 121 cm³/mol. The molecule has 0 saturated carbocycles. The average Bonchev–Trinajstić information content (AvgIpc) is 3.60. The summed E-state index contributed by atoms with van der Waals surface area (Å²) in [6.45, 7) is 4.71. The van der Waals surface area contributed by atoms with Gasteiger partial charge in [0, 0.05) is 30.4 Å². The summed E-state index contributed by atoms with van der Waals surface area (Å²) in [5, 5.41) is 41.6. The van der Waals surface area contributed by atoms with Crippen LogP contribution in [0.2, 0.25) is 0 Å². The van der Waals surface area contributed by atoms with Crippen LogP contribution in [0.25, 0.3) is 0 Å². The Morgan fingerprint density at radius 3 is 2.66 bits per heavy atom. The van der Waals surface area contributed by atoms with Gasteiger partial charge in [0.2, 0.25) is 5.83 Å². The molecule has 0 aromatic heterocycles. The molecule has 194 valence electrons. The van der Waals surface area contributed by atoms with Gasteiger partial charge in [-0.15, -0.1) is 0 Å². The van der Waals surface area contributed by atoms with Crippen LogP contribution in [0.1, 0.15) is 39.2 Å². The summed E-state index contributed by atoms with van der Waals surface area (Å²) >= 11 is 0. The van der Waals surface area contributed by atoms with E-state index in [1.165, 1.54) is 31.2 Å². The first kappa shape index (κ1) is 27.2. The number of nitro groups is 1. The number of benzene rings is 1. The molecule has 0 amide bonds. The zero-order valence-corrected chi connectivity index (χ0v) is 19.9. The number of halogens is 1. The number of nitro benzene ring substituents is 1. The molecule has 1 aromatic carbocycles. The molecule has 2 fully saturated rings. The van der Waals surface area contributed by atoms with E-state index in [9.17, 15) is 34.6 Å². The molecule has 10 nitrogen and oxygen atoms in total. The Bertz CT molecular complexity index is 953. The fraction of sp³-hybridized carbons (Fsp3) is 0.625. The first-order valence-electron chi connectivity index (χ1n) is 11.6. The van der Waals surface area contributed by atoms with E-state index in [1.54, 1.807) is 6.92 Å². The number of non-ortho nitro benzene ring substituents is 1. The van der Waals surface area contributed by atoms with E-state index in [1.807, 2.05) is 6.92 Å². The van der Waals surface area contributed by atoms with Gasteiger partial charge >= 0.3 is 5.97 Å². The first-order chi connectivity index (χ1) is 16.5. The number of carbonyl (C=O) groups is 1. The molecular weight excluding hydrogens is 465 g/mol. The van der Waals surface area contributed by atoms with Gasteiger partial charge in [0.1, 0.15) is 12.7 Å². The molecule has 2 aliphatic rings. The molecule has 1 aromatic rings. The number of esters is 1. The van der Waals surface area contributed by atoms with Crippen molar-refractivity contribution >= 4 is 11.7 Å². The van der Waals surface area contributed by atoms with Gasteiger partial charge in [-0.05, 0) is 31.4 Å². The third-order valence-electron chi connectivity index (χ3n) is 6.73. The number of hydrogen-bond donors (Lipinski definition) is 3. The minimum atomic E-state index is -1.29. The van der Waals surface area contributed by atoms with E-state index in [2.05, 4.69) is 0 Å². The third-order valence-corrected chi connectivity index (χ3v) is 6.73. The highest BCUT2D eigenvalue weighted by molar-refractivity contribution is 5.86. The number of epoxide rings is 1. The Labute approximate surface area is 202 Å². The van der Waals surface area contributed by atoms with Crippen LogP contribution in [0.15, 0.2) is 35.7 Å². The molecule has 0 bridgehead atoms. The van der Waals surface area contributed by atoms with Gasteiger partial charge in [-0.2, -0.15) is 4.39 Å². The van der Waals surface area contributed by atoms with Crippen molar-refractivity contribution in [2.75, 3.05) is 6.61 Å². The lowest BCUT2D eigenvalue weighted by Crippen LogP contribution is -2.50. The van der Waals surface area contributed by atoms with Crippen molar-refractivity contribution < 1.29 is 43.6 Å². The van der Waals surface area contributed by atoms with E-state index < -0.39 is 41.1 Å². The zero-order chi connectivity index (χ0) is 25.9. The van der Waals surface area contributed by atoms with Crippen LogP contribution in [-0.4, -0.2) is 69.4 Å². The van der Waals surface area contributed by atoms with E-state index in [0.29, 0.717) is 12.0 Å². The molecule has 3 rings (SSSR count). The Hall–Kier alpha value is -2.44. The van der Waals surface area contributed by atoms with Crippen LogP contribution < -0.4 is 0 Å². The van der Waals surface area contributed by atoms with Crippen molar-refractivity contribution in [1.82, 2.24) is 0 Å². The van der Waals surface area contributed by atoms with Crippen LogP contribution in [0.3, 0.4) is 0 Å². The smallest absolute Gasteiger partial charge is 0.367 e. The summed E-state index contributed by atoms with van der Waals surface area (Å²) in [7, 11) is 0. The van der Waals surface area contributed by atoms with E-state index in [4.69, 9.17) is 14.2 Å². The molecule has 0 unspecified atom stereocenters. The lowest BCUT2D eigenvalue weighted by atomic mass is 9.85. The van der Waals surface area contributed by atoms with Crippen molar-refractivity contribution in [3.8, 4) is 0 Å². The van der Waals surface area contributed by atoms with Gasteiger partial charge in [0.05, 0.1) is 42.1 Å². The zero-order valence-electron chi connectivity index (χ0n) is 19.9. The molecule has 2 saturated heterocycles. The maximum Gasteiger partial charge on any atom is 0.367 e. The summed E-state index contributed by atoms with van der Waals surface area (Å²) in [4.78, 5) is 22.4. The topological polar surface area (TPSA) is 152 Å². The molecule has 2 heterocycles. The Morgan fingerprint density at radius 1 is 1.29 bits per heavy atom. The van der Waals surface area contributed by atoms with Gasteiger partial charge in [0.25, 0.3) is 5.69 Å². The number of aliphatic hydroxyl groups excluding tert-OH is 3. The molecule has 3 N–H and O–H groups in total. The first-order valence-corrected chi connectivity index (χ1v) is 11.6. The fourth-order valence-electron chi connectivity index (χ4n) is 4.25. The standard InChI is InChI=1S/C24H32FNO9/c1-12(20(25)24(30)34-10-15-5-4-6-17(8-15)26(31)32)7-18-22(29)21(28)16(11-33-18)9-19-23(35-19)13(2)14(3)27/h4-6,8,13-14,16,18-19,21-23,27-29H,7,9-11H2,1-3H3/b20-12-/t13-,14-,16-,18-,19-,21+,22-,23-/m0/s1. The molecule has 35 heavy (non-hydrogen) atoms. The van der Waals surface area contributed by atoms with Crippen LogP contribution in [-0.2, 0) is 25.6 Å². The van der Waals surface area contributed by atoms with Crippen molar-refractivity contribution in [3.05, 3.63) is 51.3 Å². The molecule has 0 radical (unpaired) electrons. The quantitative estimate of drug-likeness (QED) is 0.145. The fourth-order valence-corrected chi connectivity index (χ4v) is 4.25. The van der Waals surface area contributed by atoms with Crippen molar-refractivity contribution in [2.45, 2.75) is 76.8 Å². The summed E-state index contributed by atoms with van der Waals surface area (Å²) in [5.74, 6) is -2.82. The molecule has 0 aliphatic carbocycles. The molecule has 8 atom stereocenters. The van der Waals surface area contributed by atoms with E-state index in [0.717, 1.165) is 0 Å². The monoisotopic (exact) mass is 497 g/mol. The highest BCUT2D eigenvalue weighted by atomic mass is 19.1. The summed E-state index contributed by atoms with van der Waals surface area (Å²) in [6, 6.07) is 5.46. The number of ether oxygens (including phenoxy) is 3. The van der Waals surface area contributed by atoms with Gasteiger partial charge in [-0.25, -0.2) is 4.79 Å². The Kier molecular flexibility index (Phi) is 8.94. The van der Waals surface area contributed by atoms with Gasteiger partial charge in [0.15, 0.2) is 0 Å². The third kappa shape index (κ3) is 6.83. The van der Waals surface area contributed by atoms with Crippen LogP contribution in [0.5, 0.6) is 0 Å². The molecule has 0 spiro atoms. The van der Waals surface area contributed by atoms with Gasteiger partial charge < -0.3 is 29.5 Å². The summed E-state index contributed by atoms with van der Waals surface area (Å²) < 4.78 is 30.8. The highest BCUT2D eigenvalue weighted by Gasteiger charge is 2.48. The minimum Gasteiger partial charge on any atom is -0.456 e. The minimum absolute atomic E-state index is 0.0138. The molecule has 11 heteroatoms. The maximum absolute atomic E-state index is 14.6. The number of aliphatic hydroxyl groups is 3.